The fraction of sp³-hybridized carbons (Fsp3) is 0.652. The Morgan fingerprint density at radius 1 is 1.00 bits per heavy atom. The summed E-state index contributed by atoms with van der Waals surface area (Å²) in [7, 11) is 0. The highest BCUT2D eigenvalue weighted by molar-refractivity contribution is 5.64. The van der Waals surface area contributed by atoms with Gasteiger partial charge in [-0.2, -0.15) is 0 Å². The molecule has 1 aliphatic rings. The third kappa shape index (κ3) is 8.98. The lowest BCUT2D eigenvalue weighted by Gasteiger charge is -2.24. The lowest BCUT2D eigenvalue weighted by atomic mass is 9.81. The van der Waals surface area contributed by atoms with Gasteiger partial charge in [0.05, 0.1) is 0 Å². The largest absolute Gasteiger partial charge is 0.0950 e. The normalized spacial score (nSPS) is 14.1. The van der Waals surface area contributed by atoms with E-state index in [-0.39, 0.29) is 0 Å². The molecule has 0 nitrogen and oxygen atoms in total. The van der Waals surface area contributed by atoms with Crippen molar-refractivity contribution in [1.82, 2.24) is 0 Å². The monoisotopic (exact) mass is 314 g/mol. The maximum absolute atomic E-state index is 4.02. The average Bonchev–Trinajstić information content (AvgIpc) is 2.53. The quantitative estimate of drug-likeness (QED) is 0.406. The van der Waals surface area contributed by atoms with Gasteiger partial charge in [-0.3, -0.25) is 0 Å². The Morgan fingerprint density at radius 2 is 1.61 bits per heavy atom. The van der Waals surface area contributed by atoms with Crippen LogP contribution < -0.4 is 0 Å². The number of rotatable bonds is 9. The number of benzene rings is 1. The molecule has 1 aliphatic carbocycles. The topological polar surface area (TPSA) is 0 Å². The van der Waals surface area contributed by atoms with Gasteiger partial charge < -0.3 is 0 Å². The Bertz CT molecular complexity index is 397. The smallest absolute Gasteiger partial charge is 0.0219 e. The van der Waals surface area contributed by atoms with E-state index in [0.29, 0.717) is 5.92 Å². The molecule has 0 N–H and O–H groups in total. The van der Waals surface area contributed by atoms with E-state index in [9.17, 15) is 0 Å². The summed E-state index contributed by atoms with van der Waals surface area (Å²) < 4.78 is 0. The fourth-order valence-electron chi connectivity index (χ4n) is 2.98. The van der Waals surface area contributed by atoms with Crippen molar-refractivity contribution in [3.63, 3.8) is 0 Å². The van der Waals surface area contributed by atoms with Crippen LogP contribution in [0.25, 0.3) is 5.57 Å². The first kappa shape index (κ1) is 20.0. The van der Waals surface area contributed by atoms with Crippen LogP contribution in [0.3, 0.4) is 0 Å². The molecule has 130 valence electrons. The summed E-state index contributed by atoms with van der Waals surface area (Å²) >= 11 is 0. The predicted octanol–water partition coefficient (Wildman–Crippen LogP) is 7.89. The summed E-state index contributed by atoms with van der Waals surface area (Å²) in [5.41, 5.74) is 2.47. The van der Waals surface area contributed by atoms with Gasteiger partial charge in [0.25, 0.3) is 0 Å². The van der Waals surface area contributed by atoms with Crippen LogP contribution in [0.5, 0.6) is 0 Å². The molecule has 0 bridgehead atoms. The molecular formula is C23H38. The first-order chi connectivity index (χ1) is 11.1. The molecule has 0 heterocycles. The molecule has 0 radical (unpaired) electrons. The first-order valence-corrected chi connectivity index (χ1v) is 9.89. The van der Waals surface area contributed by atoms with Gasteiger partial charge in [0.15, 0.2) is 0 Å². The van der Waals surface area contributed by atoms with Gasteiger partial charge in [0, 0.05) is 0 Å². The second kappa shape index (κ2) is 12.4. The van der Waals surface area contributed by atoms with Crippen LogP contribution in [0, 0.1) is 11.8 Å². The zero-order valence-electron chi connectivity index (χ0n) is 15.8. The maximum Gasteiger partial charge on any atom is -0.0219 e. The van der Waals surface area contributed by atoms with Crippen LogP contribution in [0.2, 0.25) is 0 Å². The Hall–Kier alpha value is -1.04. The summed E-state index contributed by atoms with van der Waals surface area (Å²) in [5.74, 6) is 1.67. The molecule has 0 atom stereocenters. The van der Waals surface area contributed by atoms with Crippen molar-refractivity contribution in [2.75, 3.05) is 0 Å². The molecule has 0 unspecified atom stereocenters. The second-order valence-corrected chi connectivity index (χ2v) is 7.40. The molecule has 0 saturated heterocycles. The van der Waals surface area contributed by atoms with Gasteiger partial charge in [-0.05, 0) is 23.0 Å². The van der Waals surface area contributed by atoms with Gasteiger partial charge in [0.2, 0.25) is 0 Å². The summed E-state index contributed by atoms with van der Waals surface area (Å²) in [6.45, 7) is 10.6. The molecule has 1 fully saturated rings. The summed E-state index contributed by atoms with van der Waals surface area (Å²) in [4.78, 5) is 0. The molecule has 0 heteroatoms. The van der Waals surface area contributed by atoms with Gasteiger partial charge in [-0.15, -0.1) is 0 Å². The summed E-state index contributed by atoms with van der Waals surface area (Å²) in [6.07, 6.45) is 14.9. The van der Waals surface area contributed by atoms with Crippen LogP contribution in [0.1, 0.15) is 90.5 Å². The fourth-order valence-corrected chi connectivity index (χ4v) is 2.98. The van der Waals surface area contributed by atoms with E-state index in [1.165, 1.54) is 75.3 Å². The molecule has 0 aromatic heterocycles. The van der Waals surface area contributed by atoms with Crippen LogP contribution in [0.4, 0.5) is 0 Å². The Labute approximate surface area is 145 Å². The number of hydrogen-bond donors (Lipinski definition) is 0. The second-order valence-electron chi connectivity index (χ2n) is 7.40. The Kier molecular flexibility index (Phi) is 10.8. The third-order valence-corrected chi connectivity index (χ3v) is 5.03. The van der Waals surface area contributed by atoms with Crippen molar-refractivity contribution >= 4 is 5.57 Å². The van der Waals surface area contributed by atoms with Gasteiger partial charge in [0.1, 0.15) is 0 Å². The van der Waals surface area contributed by atoms with Crippen molar-refractivity contribution in [3.05, 3.63) is 42.5 Å². The van der Waals surface area contributed by atoms with E-state index in [4.69, 9.17) is 0 Å². The standard InChI is InChI=1S/C12H24.C11H14/c1-2-3-4-5-6-7-9-12-10-8-11-12;1-9(2)10(3)11-7-5-4-6-8-11/h12H,2-11H2,1H3;4-9H,3H2,1-2H3. The molecule has 23 heavy (non-hydrogen) atoms. The zero-order valence-corrected chi connectivity index (χ0v) is 15.8. The van der Waals surface area contributed by atoms with E-state index in [1.54, 1.807) is 0 Å². The van der Waals surface area contributed by atoms with Crippen molar-refractivity contribution < 1.29 is 0 Å². The minimum Gasteiger partial charge on any atom is -0.0950 e. The van der Waals surface area contributed by atoms with Crippen molar-refractivity contribution in [2.24, 2.45) is 11.8 Å². The van der Waals surface area contributed by atoms with Crippen LogP contribution in [-0.2, 0) is 0 Å². The average molecular weight is 315 g/mol. The highest BCUT2D eigenvalue weighted by Gasteiger charge is 2.15. The molecule has 0 spiro atoms. The van der Waals surface area contributed by atoms with Gasteiger partial charge in [-0.1, -0.05) is 122 Å². The summed E-state index contributed by atoms with van der Waals surface area (Å²) in [6, 6.07) is 10.3. The van der Waals surface area contributed by atoms with Gasteiger partial charge in [-0.25, -0.2) is 0 Å². The van der Waals surface area contributed by atoms with Gasteiger partial charge >= 0.3 is 0 Å². The predicted molar refractivity (Wildman–Crippen MR) is 106 cm³/mol. The van der Waals surface area contributed by atoms with E-state index in [0.717, 1.165) is 5.92 Å². The molecule has 1 aromatic rings. The third-order valence-electron chi connectivity index (χ3n) is 5.03. The van der Waals surface area contributed by atoms with E-state index >= 15 is 0 Å². The molecule has 2 rings (SSSR count). The lowest BCUT2D eigenvalue weighted by molar-refractivity contribution is 0.286. The highest BCUT2D eigenvalue weighted by atomic mass is 14.2. The lowest BCUT2D eigenvalue weighted by Crippen LogP contribution is -2.10. The van der Waals surface area contributed by atoms with Crippen LogP contribution in [0.15, 0.2) is 36.9 Å². The SMILES string of the molecule is C=C(c1ccccc1)C(C)C.CCCCCCCCC1CCC1. The highest BCUT2D eigenvalue weighted by Crippen LogP contribution is 2.31. The molecule has 1 aromatic carbocycles. The number of unbranched alkanes of at least 4 members (excludes halogenated alkanes) is 5. The van der Waals surface area contributed by atoms with Crippen molar-refractivity contribution in [1.29, 1.82) is 0 Å². The molecular weight excluding hydrogens is 276 g/mol. The van der Waals surface area contributed by atoms with Crippen LogP contribution >= 0.6 is 0 Å². The Balaban J connectivity index is 0.000000231. The number of hydrogen-bond acceptors (Lipinski definition) is 0. The van der Waals surface area contributed by atoms with Crippen LogP contribution in [-0.4, -0.2) is 0 Å². The minimum absolute atomic E-state index is 0.539. The van der Waals surface area contributed by atoms with E-state index in [1.807, 2.05) is 18.2 Å². The minimum atomic E-state index is 0.539. The van der Waals surface area contributed by atoms with Crippen molar-refractivity contribution in [2.45, 2.75) is 85.0 Å². The molecule has 1 saturated carbocycles. The zero-order chi connectivity index (χ0) is 16.9. The first-order valence-electron chi connectivity index (χ1n) is 9.89. The summed E-state index contributed by atoms with van der Waals surface area (Å²) in [5, 5.41) is 0. The number of allylic oxidation sites excluding steroid dienone is 1. The Morgan fingerprint density at radius 3 is 2.13 bits per heavy atom. The molecule has 0 aliphatic heterocycles. The van der Waals surface area contributed by atoms with E-state index < -0.39 is 0 Å². The maximum atomic E-state index is 4.02. The molecule has 0 amide bonds. The van der Waals surface area contributed by atoms with Crippen molar-refractivity contribution in [3.8, 4) is 0 Å². The van der Waals surface area contributed by atoms with E-state index in [2.05, 4.69) is 39.5 Å².